The fourth-order valence-corrected chi connectivity index (χ4v) is 4.20. The molecule has 1 aromatic heterocycles. The van der Waals surface area contributed by atoms with Crippen LogP contribution in [0.15, 0.2) is 78.0 Å². The fourth-order valence-electron chi connectivity index (χ4n) is 3.13. The van der Waals surface area contributed by atoms with Crippen LogP contribution in [0, 0.1) is 6.92 Å². The van der Waals surface area contributed by atoms with Gasteiger partial charge in [0, 0.05) is 12.1 Å². The number of thioether (sulfide) groups is 1. The number of aryl methyl sites for hydroxylation is 1. The normalized spacial score (nSPS) is 10.8. The summed E-state index contributed by atoms with van der Waals surface area (Å²) in [6.45, 7) is 2.00. The molecule has 4 rings (SSSR count). The molecule has 0 fully saturated rings. The highest BCUT2D eigenvalue weighted by molar-refractivity contribution is 7.99. The van der Waals surface area contributed by atoms with Crippen molar-refractivity contribution in [3.05, 3.63) is 99.8 Å². The molecule has 1 N–H and O–H groups in total. The number of nitrogens with zero attached hydrogens (tertiary/aromatic N) is 3. The Morgan fingerprint density at radius 1 is 0.969 bits per heavy atom. The summed E-state index contributed by atoms with van der Waals surface area (Å²) < 4.78 is 1.92. The van der Waals surface area contributed by atoms with E-state index in [0.29, 0.717) is 21.6 Å². The van der Waals surface area contributed by atoms with Gasteiger partial charge in [0.25, 0.3) is 0 Å². The first kappa shape index (κ1) is 22.4. The van der Waals surface area contributed by atoms with E-state index in [1.165, 1.54) is 11.8 Å². The number of hydrogen-bond acceptors (Lipinski definition) is 4. The highest BCUT2D eigenvalue weighted by atomic mass is 35.5. The highest BCUT2D eigenvalue weighted by Crippen LogP contribution is 2.29. The standard InChI is InChI=1S/C24H20Cl2N4OS/c1-16-7-9-18(10-8-16)27-23(31)15-32-24-29-28-22(13-17-5-3-2-4-6-17)30(24)19-11-12-20(25)21(26)14-19/h2-12,14H,13,15H2,1H3,(H,27,31). The molecule has 4 aromatic rings. The quantitative estimate of drug-likeness (QED) is 0.318. The van der Waals surface area contributed by atoms with Gasteiger partial charge >= 0.3 is 0 Å². The van der Waals surface area contributed by atoms with E-state index in [1.807, 2.05) is 72.2 Å². The van der Waals surface area contributed by atoms with E-state index < -0.39 is 0 Å². The second kappa shape index (κ2) is 10.2. The zero-order valence-electron chi connectivity index (χ0n) is 17.3. The van der Waals surface area contributed by atoms with Crippen LogP contribution in [0.4, 0.5) is 5.69 Å². The van der Waals surface area contributed by atoms with Crippen molar-refractivity contribution in [1.82, 2.24) is 14.8 Å². The lowest BCUT2D eigenvalue weighted by Gasteiger charge is -2.11. The van der Waals surface area contributed by atoms with Crippen LogP contribution in [-0.2, 0) is 11.2 Å². The first-order valence-electron chi connectivity index (χ1n) is 9.92. The minimum atomic E-state index is -0.118. The SMILES string of the molecule is Cc1ccc(NC(=O)CSc2nnc(Cc3ccccc3)n2-c2ccc(Cl)c(Cl)c2)cc1. The van der Waals surface area contributed by atoms with Crippen molar-refractivity contribution in [2.45, 2.75) is 18.5 Å². The van der Waals surface area contributed by atoms with Crippen LogP contribution in [0.5, 0.6) is 0 Å². The number of benzene rings is 3. The minimum Gasteiger partial charge on any atom is -0.325 e. The Hall–Kier alpha value is -2.80. The van der Waals surface area contributed by atoms with Gasteiger partial charge in [0.1, 0.15) is 5.82 Å². The van der Waals surface area contributed by atoms with E-state index in [2.05, 4.69) is 15.5 Å². The van der Waals surface area contributed by atoms with E-state index in [0.717, 1.165) is 28.3 Å². The van der Waals surface area contributed by atoms with Crippen molar-refractivity contribution < 1.29 is 4.79 Å². The van der Waals surface area contributed by atoms with Gasteiger partial charge in [-0.1, -0.05) is 83.0 Å². The zero-order chi connectivity index (χ0) is 22.5. The molecule has 5 nitrogen and oxygen atoms in total. The third-order valence-corrected chi connectivity index (χ3v) is 6.40. The Morgan fingerprint density at radius 2 is 1.72 bits per heavy atom. The van der Waals surface area contributed by atoms with Crippen LogP contribution in [0.1, 0.15) is 17.0 Å². The maximum absolute atomic E-state index is 12.5. The molecule has 0 saturated carbocycles. The number of anilines is 1. The lowest BCUT2D eigenvalue weighted by atomic mass is 10.1. The maximum atomic E-state index is 12.5. The summed E-state index contributed by atoms with van der Waals surface area (Å²) in [6.07, 6.45) is 0.588. The minimum absolute atomic E-state index is 0.118. The van der Waals surface area contributed by atoms with Crippen LogP contribution in [-0.4, -0.2) is 26.4 Å². The largest absolute Gasteiger partial charge is 0.325 e. The van der Waals surface area contributed by atoms with Crippen molar-refractivity contribution >= 4 is 46.6 Å². The fraction of sp³-hybridized carbons (Fsp3) is 0.125. The van der Waals surface area contributed by atoms with Gasteiger partial charge in [-0.2, -0.15) is 0 Å². The van der Waals surface area contributed by atoms with Gasteiger partial charge in [-0.25, -0.2) is 0 Å². The summed E-state index contributed by atoms with van der Waals surface area (Å²) >= 11 is 13.7. The van der Waals surface area contributed by atoms with E-state index >= 15 is 0 Å². The molecule has 1 amide bonds. The second-order valence-electron chi connectivity index (χ2n) is 7.20. The van der Waals surface area contributed by atoms with Crippen LogP contribution >= 0.6 is 35.0 Å². The van der Waals surface area contributed by atoms with Gasteiger partial charge in [-0.15, -0.1) is 10.2 Å². The zero-order valence-corrected chi connectivity index (χ0v) is 19.6. The van der Waals surface area contributed by atoms with E-state index in [4.69, 9.17) is 23.2 Å². The van der Waals surface area contributed by atoms with E-state index in [-0.39, 0.29) is 11.7 Å². The third kappa shape index (κ3) is 5.51. The van der Waals surface area contributed by atoms with E-state index in [1.54, 1.807) is 12.1 Å². The Morgan fingerprint density at radius 3 is 2.44 bits per heavy atom. The second-order valence-corrected chi connectivity index (χ2v) is 8.95. The summed E-state index contributed by atoms with van der Waals surface area (Å²) in [5.74, 6) is 0.821. The number of hydrogen-bond donors (Lipinski definition) is 1. The number of carbonyl (C=O) groups excluding carboxylic acids is 1. The molecule has 0 radical (unpaired) electrons. The summed E-state index contributed by atoms with van der Waals surface area (Å²) in [6, 6.07) is 23.1. The smallest absolute Gasteiger partial charge is 0.234 e. The number of rotatable bonds is 7. The summed E-state index contributed by atoms with van der Waals surface area (Å²) in [4.78, 5) is 12.5. The number of carbonyl (C=O) groups is 1. The molecule has 0 unspecified atom stereocenters. The number of aromatic nitrogens is 3. The van der Waals surface area contributed by atoms with Gasteiger partial charge in [0.2, 0.25) is 5.91 Å². The molecule has 1 heterocycles. The molecule has 0 aliphatic rings. The Kier molecular flexibility index (Phi) is 7.15. The van der Waals surface area contributed by atoms with Gasteiger partial charge < -0.3 is 5.32 Å². The molecular weight excluding hydrogens is 463 g/mol. The Bertz CT molecular complexity index is 1230. The summed E-state index contributed by atoms with van der Waals surface area (Å²) in [7, 11) is 0. The molecule has 8 heteroatoms. The number of halogens is 2. The molecule has 0 aliphatic heterocycles. The van der Waals surface area contributed by atoms with Crippen LogP contribution in [0.3, 0.4) is 0 Å². The molecule has 0 aliphatic carbocycles. The predicted molar refractivity (Wildman–Crippen MR) is 131 cm³/mol. The third-order valence-electron chi connectivity index (χ3n) is 4.73. The Labute approximate surface area is 200 Å². The first-order valence-corrected chi connectivity index (χ1v) is 11.7. The monoisotopic (exact) mass is 482 g/mol. The van der Waals surface area contributed by atoms with Crippen molar-refractivity contribution in [2.24, 2.45) is 0 Å². The van der Waals surface area contributed by atoms with Crippen LogP contribution < -0.4 is 5.32 Å². The van der Waals surface area contributed by atoms with E-state index in [9.17, 15) is 4.79 Å². The van der Waals surface area contributed by atoms with Gasteiger partial charge in [0.05, 0.1) is 21.5 Å². The number of nitrogens with one attached hydrogen (secondary N) is 1. The molecular formula is C24H20Cl2N4OS. The summed E-state index contributed by atoms with van der Waals surface area (Å²) in [5, 5.41) is 13.2. The van der Waals surface area contributed by atoms with Crippen LogP contribution in [0.25, 0.3) is 5.69 Å². The topological polar surface area (TPSA) is 59.8 Å². The molecule has 0 bridgehead atoms. The molecule has 0 spiro atoms. The predicted octanol–water partition coefficient (Wildman–Crippen LogP) is 6.20. The maximum Gasteiger partial charge on any atom is 0.234 e. The highest BCUT2D eigenvalue weighted by Gasteiger charge is 2.17. The number of amides is 1. The average Bonchev–Trinajstić information content (AvgIpc) is 3.19. The molecule has 0 atom stereocenters. The van der Waals surface area contributed by atoms with Crippen molar-refractivity contribution in [1.29, 1.82) is 0 Å². The van der Waals surface area contributed by atoms with Gasteiger partial charge in [-0.05, 0) is 42.8 Å². The molecule has 32 heavy (non-hydrogen) atoms. The molecule has 162 valence electrons. The average molecular weight is 483 g/mol. The molecule has 0 saturated heterocycles. The lowest BCUT2D eigenvalue weighted by molar-refractivity contribution is -0.113. The van der Waals surface area contributed by atoms with Gasteiger partial charge in [-0.3, -0.25) is 9.36 Å². The molecule has 3 aromatic carbocycles. The first-order chi connectivity index (χ1) is 15.5. The lowest BCUT2D eigenvalue weighted by Crippen LogP contribution is -2.14. The van der Waals surface area contributed by atoms with Crippen molar-refractivity contribution in [2.75, 3.05) is 11.1 Å². The van der Waals surface area contributed by atoms with Crippen molar-refractivity contribution in [3.63, 3.8) is 0 Å². The summed E-state index contributed by atoms with van der Waals surface area (Å²) in [5.41, 5.74) is 3.79. The van der Waals surface area contributed by atoms with Crippen LogP contribution in [0.2, 0.25) is 10.0 Å². The van der Waals surface area contributed by atoms with Gasteiger partial charge in [0.15, 0.2) is 5.16 Å². The Balaban J connectivity index is 1.57. The van der Waals surface area contributed by atoms with Crippen molar-refractivity contribution in [3.8, 4) is 5.69 Å².